The molecule has 1 aliphatic rings. The molecule has 0 saturated heterocycles. The molecular formula is C15H20FNO2. The van der Waals surface area contributed by atoms with Crippen LogP contribution >= 0.6 is 0 Å². The number of esters is 1. The Morgan fingerprint density at radius 2 is 2.11 bits per heavy atom. The quantitative estimate of drug-likeness (QED) is 0.851. The lowest BCUT2D eigenvalue weighted by molar-refractivity contribution is -0.143. The third-order valence-corrected chi connectivity index (χ3v) is 3.74. The lowest BCUT2D eigenvalue weighted by atomic mass is 10.00. The van der Waals surface area contributed by atoms with Gasteiger partial charge in [-0.2, -0.15) is 0 Å². The number of methoxy groups -OCH3 is 1. The van der Waals surface area contributed by atoms with E-state index in [1.807, 2.05) is 6.92 Å². The highest BCUT2D eigenvalue weighted by atomic mass is 19.1. The van der Waals surface area contributed by atoms with Crippen LogP contribution < -0.4 is 5.32 Å². The van der Waals surface area contributed by atoms with Gasteiger partial charge in [0.25, 0.3) is 0 Å². The minimum absolute atomic E-state index is 0.286. The molecule has 0 bridgehead atoms. The smallest absolute Gasteiger partial charge is 0.327 e. The van der Waals surface area contributed by atoms with E-state index in [1.165, 1.54) is 32.1 Å². The molecule has 0 aromatic heterocycles. The Morgan fingerprint density at radius 1 is 1.42 bits per heavy atom. The molecule has 1 N–H and O–H groups in total. The molecule has 1 aromatic rings. The lowest BCUT2D eigenvalue weighted by Gasteiger charge is -2.22. The normalized spacial score (nSPS) is 17.4. The van der Waals surface area contributed by atoms with Crippen LogP contribution in [0.15, 0.2) is 18.2 Å². The molecule has 0 heterocycles. The van der Waals surface area contributed by atoms with Crippen LogP contribution in [0.25, 0.3) is 0 Å². The van der Waals surface area contributed by atoms with Crippen molar-refractivity contribution in [3.8, 4) is 0 Å². The van der Waals surface area contributed by atoms with Gasteiger partial charge in [-0.1, -0.05) is 18.9 Å². The van der Waals surface area contributed by atoms with Crippen molar-refractivity contribution in [2.75, 3.05) is 7.11 Å². The van der Waals surface area contributed by atoms with Crippen LogP contribution in [-0.4, -0.2) is 19.1 Å². The molecule has 4 heteroatoms. The second kappa shape index (κ2) is 6.15. The number of benzene rings is 1. The summed E-state index contributed by atoms with van der Waals surface area (Å²) in [6, 6.07) is 4.33. The van der Waals surface area contributed by atoms with Gasteiger partial charge < -0.3 is 4.74 Å². The predicted molar refractivity (Wildman–Crippen MR) is 71.3 cm³/mol. The van der Waals surface area contributed by atoms with Crippen molar-refractivity contribution >= 4 is 5.97 Å². The van der Waals surface area contributed by atoms with Crippen LogP contribution in [0.3, 0.4) is 0 Å². The number of carbonyl (C=O) groups excluding carboxylic acids is 1. The highest BCUT2D eigenvalue weighted by Crippen LogP contribution is 2.25. The lowest BCUT2D eigenvalue weighted by Crippen LogP contribution is -2.36. The van der Waals surface area contributed by atoms with E-state index in [0.29, 0.717) is 6.04 Å². The molecular weight excluding hydrogens is 245 g/mol. The van der Waals surface area contributed by atoms with Gasteiger partial charge in [-0.25, -0.2) is 9.18 Å². The van der Waals surface area contributed by atoms with E-state index >= 15 is 0 Å². The molecule has 1 fully saturated rings. The second-order valence-corrected chi connectivity index (χ2v) is 5.11. The summed E-state index contributed by atoms with van der Waals surface area (Å²) in [7, 11) is 1.38. The number of halogens is 1. The summed E-state index contributed by atoms with van der Waals surface area (Å²) < 4.78 is 18.0. The Morgan fingerprint density at radius 3 is 2.68 bits per heavy atom. The van der Waals surface area contributed by atoms with Crippen molar-refractivity contribution < 1.29 is 13.9 Å². The van der Waals surface area contributed by atoms with Gasteiger partial charge in [-0.3, -0.25) is 5.32 Å². The van der Waals surface area contributed by atoms with Gasteiger partial charge >= 0.3 is 5.97 Å². The summed E-state index contributed by atoms with van der Waals surface area (Å²) in [6.45, 7) is 1.81. The van der Waals surface area contributed by atoms with Crippen molar-refractivity contribution in [2.45, 2.75) is 44.7 Å². The summed E-state index contributed by atoms with van der Waals surface area (Å²) >= 11 is 0. The molecule has 0 spiro atoms. The Bertz CT molecular complexity index is 455. The Kier molecular flexibility index (Phi) is 4.53. The van der Waals surface area contributed by atoms with E-state index in [-0.39, 0.29) is 11.8 Å². The van der Waals surface area contributed by atoms with E-state index in [0.717, 1.165) is 24.0 Å². The first-order chi connectivity index (χ1) is 9.11. The minimum atomic E-state index is -0.506. The van der Waals surface area contributed by atoms with Gasteiger partial charge in [0.1, 0.15) is 11.9 Å². The zero-order valence-corrected chi connectivity index (χ0v) is 11.4. The van der Waals surface area contributed by atoms with Crippen LogP contribution in [0.2, 0.25) is 0 Å². The monoisotopic (exact) mass is 265 g/mol. The highest BCUT2D eigenvalue weighted by Gasteiger charge is 2.27. The van der Waals surface area contributed by atoms with Gasteiger partial charge in [0.05, 0.1) is 7.11 Å². The predicted octanol–water partition coefficient (Wildman–Crippen LogP) is 2.88. The van der Waals surface area contributed by atoms with Gasteiger partial charge in [0, 0.05) is 6.04 Å². The van der Waals surface area contributed by atoms with Crippen molar-refractivity contribution in [1.29, 1.82) is 0 Å². The number of ether oxygens (including phenoxy) is 1. The Hall–Kier alpha value is -1.42. The molecule has 19 heavy (non-hydrogen) atoms. The molecule has 3 nitrogen and oxygen atoms in total. The maximum Gasteiger partial charge on any atom is 0.327 e. The van der Waals surface area contributed by atoms with Crippen LogP contribution in [-0.2, 0) is 9.53 Å². The summed E-state index contributed by atoms with van der Waals surface area (Å²) in [5.74, 6) is -0.604. The summed E-state index contributed by atoms with van der Waals surface area (Å²) in [4.78, 5) is 12.0. The van der Waals surface area contributed by atoms with Gasteiger partial charge in [-0.05, 0) is 43.0 Å². The molecule has 0 aliphatic heterocycles. The first kappa shape index (κ1) is 14.0. The van der Waals surface area contributed by atoms with E-state index < -0.39 is 6.04 Å². The van der Waals surface area contributed by atoms with Gasteiger partial charge in [0.15, 0.2) is 0 Å². The first-order valence-corrected chi connectivity index (χ1v) is 6.71. The molecule has 104 valence electrons. The SMILES string of the molecule is COC(=O)C(NC1CCCC1)c1ccc(F)cc1C. The van der Waals surface area contributed by atoms with E-state index in [4.69, 9.17) is 4.74 Å². The van der Waals surface area contributed by atoms with E-state index in [9.17, 15) is 9.18 Å². The second-order valence-electron chi connectivity index (χ2n) is 5.11. The topological polar surface area (TPSA) is 38.3 Å². The van der Waals surface area contributed by atoms with Crippen LogP contribution in [0, 0.1) is 12.7 Å². The van der Waals surface area contributed by atoms with Crippen LogP contribution in [0.4, 0.5) is 4.39 Å². The summed E-state index contributed by atoms with van der Waals surface area (Å²) in [5, 5.41) is 3.35. The molecule has 2 rings (SSSR count). The summed E-state index contributed by atoms with van der Waals surface area (Å²) in [6.07, 6.45) is 4.53. The maximum absolute atomic E-state index is 13.2. The molecule has 0 radical (unpaired) electrons. The minimum Gasteiger partial charge on any atom is -0.468 e. The third kappa shape index (κ3) is 3.32. The van der Waals surface area contributed by atoms with E-state index in [2.05, 4.69) is 5.32 Å². The molecule has 0 amide bonds. The number of nitrogens with one attached hydrogen (secondary N) is 1. The van der Waals surface area contributed by atoms with Gasteiger partial charge in [0.2, 0.25) is 0 Å². The van der Waals surface area contributed by atoms with Crippen molar-refractivity contribution in [3.63, 3.8) is 0 Å². The maximum atomic E-state index is 13.2. The number of carbonyl (C=O) groups is 1. The average molecular weight is 265 g/mol. The Labute approximate surface area is 113 Å². The van der Waals surface area contributed by atoms with Crippen molar-refractivity contribution in [3.05, 3.63) is 35.1 Å². The fourth-order valence-corrected chi connectivity index (χ4v) is 2.69. The zero-order valence-electron chi connectivity index (χ0n) is 11.4. The molecule has 1 atom stereocenters. The number of hydrogen-bond donors (Lipinski definition) is 1. The zero-order chi connectivity index (χ0) is 13.8. The number of rotatable bonds is 4. The van der Waals surface area contributed by atoms with Crippen LogP contribution in [0.5, 0.6) is 0 Å². The largest absolute Gasteiger partial charge is 0.468 e. The van der Waals surface area contributed by atoms with Gasteiger partial charge in [-0.15, -0.1) is 0 Å². The molecule has 1 saturated carbocycles. The number of hydrogen-bond acceptors (Lipinski definition) is 3. The average Bonchev–Trinajstić information content (AvgIpc) is 2.89. The molecule has 1 aromatic carbocycles. The van der Waals surface area contributed by atoms with Crippen molar-refractivity contribution in [1.82, 2.24) is 5.32 Å². The molecule has 1 aliphatic carbocycles. The van der Waals surface area contributed by atoms with Crippen LogP contribution in [0.1, 0.15) is 42.9 Å². The van der Waals surface area contributed by atoms with Crippen molar-refractivity contribution in [2.24, 2.45) is 0 Å². The molecule has 1 unspecified atom stereocenters. The summed E-state index contributed by atoms with van der Waals surface area (Å²) in [5.41, 5.74) is 1.56. The third-order valence-electron chi connectivity index (χ3n) is 3.74. The fraction of sp³-hybridized carbons (Fsp3) is 0.533. The standard InChI is InChI=1S/C15H20FNO2/c1-10-9-11(16)7-8-13(10)14(15(18)19-2)17-12-5-3-4-6-12/h7-9,12,14,17H,3-6H2,1-2H3. The first-order valence-electron chi connectivity index (χ1n) is 6.71. The number of aryl methyl sites for hydroxylation is 1. The Balaban J connectivity index is 2.23. The highest BCUT2D eigenvalue weighted by molar-refractivity contribution is 5.78. The fourth-order valence-electron chi connectivity index (χ4n) is 2.69. The van der Waals surface area contributed by atoms with E-state index in [1.54, 1.807) is 6.07 Å².